The Balaban J connectivity index is 0.00000338. The van der Waals surface area contributed by atoms with Crippen molar-refractivity contribution in [3.63, 3.8) is 0 Å². The van der Waals surface area contributed by atoms with E-state index in [9.17, 15) is 4.39 Å². The van der Waals surface area contributed by atoms with Crippen molar-refractivity contribution < 1.29 is 9.13 Å². The molecule has 0 aliphatic heterocycles. The van der Waals surface area contributed by atoms with Gasteiger partial charge < -0.3 is 15.4 Å². The molecule has 0 spiro atoms. The van der Waals surface area contributed by atoms with Crippen molar-refractivity contribution >= 4 is 29.9 Å². The molecule has 0 bridgehead atoms. The van der Waals surface area contributed by atoms with Gasteiger partial charge in [-0.05, 0) is 38.0 Å². The van der Waals surface area contributed by atoms with E-state index >= 15 is 0 Å². The fourth-order valence-electron chi connectivity index (χ4n) is 2.30. The van der Waals surface area contributed by atoms with Crippen molar-refractivity contribution in [2.45, 2.75) is 26.4 Å². The smallest absolute Gasteiger partial charge is 0.191 e. The van der Waals surface area contributed by atoms with E-state index in [1.807, 2.05) is 33.3 Å². The molecule has 0 saturated heterocycles. The van der Waals surface area contributed by atoms with Crippen LogP contribution in [0.5, 0.6) is 5.75 Å². The average molecular weight is 475 g/mol. The molecule has 0 radical (unpaired) electrons. The number of aromatic nitrogens is 2. The first-order valence-electron chi connectivity index (χ1n) is 8.48. The number of nitrogens with zero attached hydrogens (tertiary/aromatic N) is 3. The highest BCUT2D eigenvalue weighted by Crippen LogP contribution is 2.13. The van der Waals surface area contributed by atoms with Crippen LogP contribution in [0.2, 0.25) is 0 Å². The Morgan fingerprint density at radius 1 is 1.38 bits per heavy atom. The summed E-state index contributed by atoms with van der Waals surface area (Å²) in [7, 11) is 1.91. The molecule has 144 valence electrons. The number of benzene rings is 1. The van der Waals surface area contributed by atoms with Crippen LogP contribution in [0.25, 0.3) is 0 Å². The third kappa shape index (κ3) is 8.03. The fraction of sp³-hybridized carbons (Fsp3) is 0.444. The molecule has 1 atom stereocenters. The Labute approximate surface area is 171 Å². The van der Waals surface area contributed by atoms with Crippen LogP contribution in [-0.2, 0) is 13.5 Å². The SMILES string of the molecule is CCNC(=NCC(C)Oc1cccc(F)c1)NCCc1cnn(C)c1.I. The molecule has 0 aliphatic carbocycles. The van der Waals surface area contributed by atoms with Gasteiger partial charge in [0.25, 0.3) is 0 Å². The minimum absolute atomic E-state index is 0. The summed E-state index contributed by atoms with van der Waals surface area (Å²) in [4.78, 5) is 4.52. The zero-order chi connectivity index (χ0) is 18.1. The van der Waals surface area contributed by atoms with Crippen molar-refractivity contribution in [2.75, 3.05) is 19.6 Å². The molecule has 0 saturated carbocycles. The van der Waals surface area contributed by atoms with Crippen molar-refractivity contribution in [1.82, 2.24) is 20.4 Å². The second-order valence-electron chi connectivity index (χ2n) is 5.80. The summed E-state index contributed by atoms with van der Waals surface area (Å²) in [6.07, 6.45) is 4.57. The summed E-state index contributed by atoms with van der Waals surface area (Å²) in [5, 5.41) is 10.7. The largest absolute Gasteiger partial charge is 0.489 e. The first kappa shape index (κ1) is 22.2. The van der Waals surface area contributed by atoms with E-state index in [4.69, 9.17) is 4.74 Å². The van der Waals surface area contributed by atoms with Crippen LogP contribution in [0, 0.1) is 5.82 Å². The number of nitrogens with one attached hydrogen (secondary N) is 2. The highest BCUT2D eigenvalue weighted by molar-refractivity contribution is 14.0. The molecule has 0 aliphatic rings. The van der Waals surface area contributed by atoms with Gasteiger partial charge in [-0.3, -0.25) is 4.68 Å². The van der Waals surface area contributed by atoms with Gasteiger partial charge >= 0.3 is 0 Å². The number of hydrogen-bond acceptors (Lipinski definition) is 3. The molecule has 2 N–H and O–H groups in total. The summed E-state index contributed by atoms with van der Waals surface area (Å²) in [6.45, 7) is 5.94. The number of halogens is 2. The lowest BCUT2D eigenvalue weighted by Gasteiger charge is -2.15. The maximum absolute atomic E-state index is 13.2. The van der Waals surface area contributed by atoms with Gasteiger partial charge in [-0.2, -0.15) is 5.10 Å². The second-order valence-corrected chi connectivity index (χ2v) is 5.80. The van der Waals surface area contributed by atoms with Crippen LogP contribution in [0.15, 0.2) is 41.7 Å². The van der Waals surface area contributed by atoms with E-state index in [1.54, 1.807) is 16.8 Å². The van der Waals surface area contributed by atoms with E-state index in [0.717, 1.165) is 25.5 Å². The maximum Gasteiger partial charge on any atom is 0.191 e. The van der Waals surface area contributed by atoms with Crippen LogP contribution in [-0.4, -0.2) is 41.5 Å². The summed E-state index contributed by atoms with van der Waals surface area (Å²) < 4.78 is 20.7. The zero-order valence-electron chi connectivity index (χ0n) is 15.4. The second kappa shape index (κ2) is 11.7. The van der Waals surface area contributed by atoms with E-state index < -0.39 is 0 Å². The molecule has 8 heteroatoms. The van der Waals surface area contributed by atoms with Crippen LogP contribution in [0.4, 0.5) is 4.39 Å². The van der Waals surface area contributed by atoms with Gasteiger partial charge in [-0.1, -0.05) is 6.07 Å². The summed E-state index contributed by atoms with van der Waals surface area (Å²) in [5.41, 5.74) is 1.17. The lowest BCUT2D eigenvalue weighted by Crippen LogP contribution is -2.39. The van der Waals surface area contributed by atoms with Gasteiger partial charge in [0.15, 0.2) is 5.96 Å². The topological polar surface area (TPSA) is 63.5 Å². The predicted molar refractivity (Wildman–Crippen MR) is 113 cm³/mol. The lowest BCUT2D eigenvalue weighted by atomic mass is 10.2. The molecule has 0 fully saturated rings. The maximum atomic E-state index is 13.2. The first-order valence-corrected chi connectivity index (χ1v) is 8.48. The minimum atomic E-state index is -0.307. The number of hydrogen-bond donors (Lipinski definition) is 2. The van der Waals surface area contributed by atoms with Gasteiger partial charge in [0, 0.05) is 32.4 Å². The van der Waals surface area contributed by atoms with Gasteiger partial charge in [0.05, 0.1) is 12.7 Å². The monoisotopic (exact) mass is 475 g/mol. The zero-order valence-corrected chi connectivity index (χ0v) is 17.7. The first-order chi connectivity index (χ1) is 12.1. The highest BCUT2D eigenvalue weighted by atomic mass is 127. The van der Waals surface area contributed by atoms with Crippen LogP contribution < -0.4 is 15.4 Å². The Hall–Kier alpha value is -1.84. The van der Waals surface area contributed by atoms with Crippen LogP contribution in [0.1, 0.15) is 19.4 Å². The number of rotatable bonds is 8. The Bertz CT molecular complexity index is 692. The predicted octanol–water partition coefficient (Wildman–Crippen LogP) is 2.74. The molecule has 6 nitrogen and oxygen atoms in total. The Morgan fingerprint density at radius 3 is 2.85 bits per heavy atom. The van der Waals surface area contributed by atoms with Gasteiger partial charge in [0.2, 0.25) is 0 Å². The quantitative estimate of drug-likeness (QED) is 0.350. The van der Waals surface area contributed by atoms with E-state index in [-0.39, 0.29) is 35.9 Å². The third-order valence-corrected chi connectivity index (χ3v) is 3.45. The molecule has 26 heavy (non-hydrogen) atoms. The molecule has 1 aromatic heterocycles. The van der Waals surface area contributed by atoms with Crippen LogP contribution in [0.3, 0.4) is 0 Å². The molecule has 1 aromatic carbocycles. The summed E-state index contributed by atoms with van der Waals surface area (Å²) in [5.74, 6) is 0.942. The highest BCUT2D eigenvalue weighted by Gasteiger charge is 2.06. The molecule has 1 heterocycles. The summed E-state index contributed by atoms with van der Waals surface area (Å²) >= 11 is 0. The Kier molecular flexibility index (Phi) is 10.0. The molecule has 1 unspecified atom stereocenters. The molecule has 2 rings (SSSR count). The van der Waals surface area contributed by atoms with E-state index in [0.29, 0.717) is 12.3 Å². The number of ether oxygens (including phenoxy) is 1. The van der Waals surface area contributed by atoms with Gasteiger partial charge in [0.1, 0.15) is 17.7 Å². The van der Waals surface area contributed by atoms with Crippen LogP contribution >= 0.6 is 24.0 Å². The van der Waals surface area contributed by atoms with Gasteiger partial charge in [-0.25, -0.2) is 9.38 Å². The molecular formula is C18H27FIN5O. The van der Waals surface area contributed by atoms with Crippen molar-refractivity contribution in [3.8, 4) is 5.75 Å². The molecule has 0 amide bonds. The van der Waals surface area contributed by atoms with E-state index in [2.05, 4.69) is 20.7 Å². The lowest BCUT2D eigenvalue weighted by molar-refractivity contribution is 0.229. The number of aryl methyl sites for hydroxylation is 1. The summed E-state index contributed by atoms with van der Waals surface area (Å²) in [6, 6.07) is 6.13. The fourth-order valence-corrected chi connectivity index (χ4v) is 2.30. The van der Waals surface area contributed by atoms with Crippen molar-refractivity contribution in [1.29, 1.82) is 0 Å². The number of guanidine groups is 1. The van der Waals surface area contributed by atoms with Crippen molar-refractivity contribution in [3.05, 3.63) is 48.0 Å². The number of aliphatic imine (C=N–C) groups is 1. The normalized spacial score (nSPS) is 12.2. The molecular weight excluding hydrogens is 448 g/mol. The third-order valence-electron chi connectivity index (χ3n) is 3.45. The average Bonchev–Trinajstić information content (AvgIpc) is 2.98. The van der Waals surface area contributed by atoms with Gasteiger partial charge in [-0.15, -0.1) is 24.0 Å². The molecule has 2 aromatic rings. The van der Waals surface area contributed by atoms with E-state index in [1.165, 1.54) is 17.7 Å². The Morgan fingerprint density at radius 2 is 2.19 bits per heavy atom. The van der Waals surface area contributed by atoms with Crippen molar-refractivity contribution in [2.24, 2.45) is 12.0 Å². The minimum Gasteiger partial charge on any atom is -0.489 e. The standard InChI is InChI=1S/C18H26FN5O.HI/c1-4-20-18(21-9-8-15-12-23-24(3)13-15)22-11-14(2)25-17-7-5-6-16(19)10-17;/h5-7,10,12-14H,4,8-9,11H2,1-3H3,(H2,20,21,22);1H.